The van der Waals surface area contributed by atoms with Crippen molar-refractivity contribution in [3.63, 3.8) is 0 Å². The number of aromatic nitrogens is 1. The van der Waals surface area contributed by atoms with Gasteiger partial charge in [-0.25, -0.2) is 0 Å². The fourth-order valence-electron chi connectivity index (χ4n) is 1.47. The van der Waals surface area contributed by atoms with Crippen LogP contribution < -0.4 is 0 Å². The van der Waals surface area contributed by atoms with Gasteiger partial charge in [-0.1, -0.05) is 35.5 Å². The molecule has 2 aromatic rings. The zero-order valence-electron chi connectivity index (χ0n) is 9.50. The second-order valence-corrected chi connectivity index (χ2v) is 4.78. The van der Waals surface area contributed by atoms with Crippen LogP contribution in [0.15, 0.2) is 40.9 Å². The molecule has 90 valence electrons. The van der Waals surface area contributed by atoms with E-state index in [1.165, 1.54) is 0 Å². The molecule has 17 heavy (non-hydrogen) atoms. The van der Waals surface area contributed by atoms with Gasteiger partial charge in [-0.15, -0.1) is 0 Å². The Bertz CT molecular complexity index is 442. The summed E-state index contributed by atoms with van der Waals surface area (Å²) in [7, 11) is 0. The topological polar surface area (TPSA) is 46.3 Å². The summed E-state index contributed by atoms with van der Waals surface area (Å²) in [5.41, 5.74) is 1.95. The highest BCUT2D eigenvalue weighted by Gasteiger charge is 2.05. The van der Waals surface area contributed by atoms with Gasteiger partial charge in [0.2, 0.25) is 0 Å². The van der Waals surface area contributed by atoms with Crippen molar-refractivity contribution < 1.29 is 9.63 Å². The Kier molecular flexibility index (Phi) is 4.64. The predicted octanol–water partition coefficient (Wildman–Crippen LogP) is 2.96. The van der Waals surface area contributed by atoms with Gasteiger partial charge in [0.05, 0.1) is 5.75 Å². The molecule has 0 saturated carbocycles. The fraction of sp³-hybridized carbons (Fsp3) is 0.308. The van der Waals surface area contributed by atoms with Gasteiger partial charge in [0.1, 0.15) is 11.5 Å². The molecule has 0 saturated heterocycles. The highest BCUT2D eigenvalue weighted by molar-refractivity contribution is 7.98. The lowest BCUT2D eigenvalue weighted by Crippen LogP contribution is -1.86. The van der Waals surface area contributed by atoms with E-state index in [4.69, 9.17) is 9.63 Å². The molecule has 1 heterocycles. The highest BCUT2D eigenvalue weighted by atomic mass is 32.2. The quantitative estimate of drug-likeness (QED) is 0.799. The Hall–Kier alpha value is -1.26. The second-order valence-electron chi connectivity index (χ2n) is 3.67. The third kappa shape index (κ3) is 3.61. The van der Waals surface area contributed by atoms with Crippen molar-refractivity contribution in [1.82, 2.24) is 5.16 Å². The molecule has 0 atom stereocenters. The van der Waals surface area contributed by atoms with Gasteiger partial charge < -0.3 is 9.63 Å². The zero-order chi connectivity index (χ0) is 11.9. The van der Waals surface area contributed by atoms with Crippen LogP contribution in [0.3, 0.4) is 0 Å². The van der Waals surface area contributed by atoms with Crippen molar-refractivity contribution in [1.29, 1.82) is 0 Å². The van der Waals surface area contributed by atoms with Crippen LogP contribution in [0.4, 0.5) is 0 Å². The number of aliphatic hydroxyl groups excluding tert-OH is 1. The first-order valence-corrected chi connectivity index (χ1v) is 6.75. The number of hydrogen-bond donors (Lipinski definition) is 1. The number of benzene rings is 1. The van der Waals surface area contributed by atoms with E-state index < -0.39 is 0 Å². The van der Waals surface area contributed by atoms with Gasteiger partial charge in [0, 0.05) is 18.2 Å². The predicted molar refractivity (Wildman–Crippen MR) is 69.8 cm³/mol. The maximum absolute atomic E-state index is 8.67. The third-order valence-corrected chi connectivity index (χ3v) is 3.39. The molecular weight excluding hydrogens is 234 g/mol. The molecule has 0 aliphatic carbocycles. The van der Waals surface area contributed by atoms with Crippen LogP contribution in [0.5, 0.6) is 0 Å². The number of aliphatic hydroxyl groups is 1. The summed E-state index contributed by atoms with van der Waals surface area (Å²) in [6.45, 7) is 0.249. The molecule has 0 amide bonds. The van der Waals surface area contributed by atoms with Crippen LogP contribution in [0, 0.1) is 0 Å². The lowest BCUT2D eigenvalue weighted by molar-refractivity contribution is 0.296. The molecule has 0 aliphatic rings. The van der Waals surface area contributed by atoms with E-state index in [9.17, 15) is 0 Å². The fourth-order valence-corrected chi connectivity index (χ4v) is 2.28. The Morgan fingerprint density at radius 3 is 2.82 bits per heavy atom. The maximum atomic E-state index is 8.67. The van der Waals surface area contributed by atoms with E-state index in [-0.39, 0.29) is 6.61 Å². The third-order valence-electron chi connectivity index (χ3n) is 2.32. The zero-order valence-corrected chi connectivity index (χ0v) is 10.3. The number of hydrogen-bond acceptors (Lipinski definition) is 4. The van der Waals surface area contributed by atoms with Gasteiger partial charge in [-0.05, 0) is 12.2 Å². The van der Waals surface area contributed by atoms with Crippen molar-refractivity contribution in [2.24, 2.45) is 0 Å². The Balaban J connectivity index is 1.92. The molecular formula is C13H15NO2S. The molecule has 0 aliphatic heterocycles. The second kappa shape index (κ2) is 6.47. The molecule has 0 radical (unpaired) electrons. The lowest BCUT2D eigenvalue weighted by Gasteiger charge is -1.95. The largest absolute Gasteiger partial charge is 0.396 e. The minimum atomic E-state index is 0.249. The molecule has 3 nitrogen and oxygen atoms in total. The first kappa shape index (κ1) is 12.2. The number of thioether (sulfide) groups is 1. The van der Waals surface area contributed by atoms with Crippen LogP contribution in [0.1, 0.15) is 12.2 Å². The maximum Gasteiger partial charge on any atom is 0.147 e. The van der Waals surface area contributed by atoms with Crippen molar-refractivity contribution in [2.75, 3.05) is 12.4 Å². The van der Waals surface area contributed by atoms with Crippen LogP contribution in [0.2, 0.25) is 0 Å². The molecule has 1 aromatic carbocycles. The Labute approximate surface area is 105 Å². The van der Waals surface area contributed by atoms with Crippen LogP contribution in [-0.4, -0.2) is 22.6 Å². The van der Waals surface area contributed by atoms with Gasteiger partial charge in [-0.3, -0.25) is 0 Å². The normalized spacial score (nSPS) is 10.6. The molecule has 1 aromatic heterocycles. The smallest absolute Gasteiger partial charge is 0.147 e. The first-order chi connectivity index (χ1) is 8.40. The first-order valence-electron chi connectivity index (χ1n) is 5.60. The van der Waals surface area contributed by atoms with Gasteiger partial charge in [0.25, 0.3) is 0 Å². The Morgan fingerprint density at radius 1 is 1.24 bits per heavy atom. The minimum Gasteiger partial charge on any atom is -0.396 e. The van der Waals surface area contributed by atoms with Crippen LogP contribution in [0.25, 0.3) is 11.3 Å². The molecule has 0 fully saturated rings. The van der Waals surface area contributed by atoms with Gasteiger partial charge in [0.15, 0.2) is 0 Å². The summed E-state index contributed by atoms with van der Waals surface area (Å²) in [4.78, 5) is 0. The average molecular weight is 249 g/mol. The molecule has 0 bridgehead atoms. The summed E-state index contributed by atoms with van der Waals surface area (Å²) in [6, 6.07) is 12.0. The molecule has 1 N–H and O–H groups in total. The summed E-state index contributed by atoms with van der Waals surface area (Å²) >= 11 is 1.75. The molecule has 2 rings (SSSR count). The molecule has 0 spiro atoms. The summed E-state index contributed by atoms with van der Waals surface area (Å²) < 4.78 is 5.27. The highest BCUT2D eigenvalue weighted by Crippen LogP contribution is 2.21. The summed E-state index contributed by atoms with van der Waals surface area (Å²) in [5.74, 6) is 2.63. The van der Waals surface area contributed by atoms with Crippen molar-refractivity contribution in [2.45, 2.75) is 12.2 Å². The summed E-state index contributed by atoms with van der Waals surface area (Å²) in [5, 5.41) is 12.7. The van der Waals surface area contributed by atoms with E-state index in [1.54, 1.807) is 11.8 Å². The SMILES string of the molecule is OCCCSCc1cc(-c2ccccc2)no1. The Morgan fingerprint density at radius 2 is 2.06 bits per heavy atom. The minimum absolute atomic E-state index is 0.249. The van der Waals surface area contributed by atoms with Crippen molar-refractivity contribution in [3.8, 4) is 11.3 Å². The standard InChI is InChI=1S/C13H15NO2S/c15-7-4-8-17-10-12-9-13(14-16-12)11-5-2-1-3-6-11/h1-3,5-6,9,15H,4,7-8,10H2. The lowest BCUT2D eigenvalue weighted by atomic mass is 10.1. The molecule has 0 unspecified atom stereocenters. The molecule has 4 heteroatoms. The van der Waals surface area contributed by atoms with Crippen LogP contribution in [-0.2, 0) is 5.75 Å². The monoisotopic (exact) mass is 249 g/mol. The average Bonchev–Trinajstić information content (AvgIpc) is 2.85. The van der Waals surface area contributed by atoms with E-state index in [1.807, 2.05) is 36.4 Å². The van der Waals surface area contributed by atoms with Gasteiger partial charge >= 0.3 is 0 Å². The van der Waals surface area contributed by atoms with E-state index in [0.717, 1.165) is 34.9 Å². The van der Waals surface area contributed by atoms with E-state index in [2.05, 4.69) is 5.16 Å². The van der Waals surface area contributed by atoms with Crippen molar-refractivity contribution in [3.05, 3.63) is 42.2 Å². The van der Waals surface area contributed by atoms with E-state index in [0.29, 0.717) is 0 Å². The van der Waals surface area contributed by atoms with Crippen LogP contribution >= 0.6 is 11.8 Å². The number of nitrogens with zero attached hydrogens (tertiary/aromatic N) is 1. The van der Waals surface area contributed by atoms with Crippen molar-refractivity contribution >= 4 is 11.8 Å². The summed E-state index contributed by atoms with van der Waals surface area (Å²) in [6.07, 6.45) is 0.824. The van der Waals surface area contributed by atoms with E-state index >= 15 is 0 Å². The van der Waals surface area contributed by atoms with Gasteiger partial charge in [-0.2, -0.15) is 11.8 Å². The number of rotatable bonds is 6.